The Kier molecular flexibility index (Phi) is 7.95. The first-order valence-corrected chi connectivity index (χ1v) is 10.3. The Morgan fingerprint density at radius 3 is 2.77 bits per heavy atom. The Morgan fingerprint density at radius 2 is 2.03 bits per heavy atom. The van der Waals surface area contributed by atoms with Crippen LogP contribution in [0.3, 0.4) is 0 Å². The van der Waals surface area contributed by atoms with Crippen molar-refractivity contribution in [2.45, 2.75) is 11.8 Å². The highest BCUT2D eigenvalue weighted by atomic mass is 35.5. The van der Waals surface area contributed by atoms with Crippen LogP contribution in [0, 0.1) is 0 Å². The number of aromatic nitrogens is 2. The maximum absolute atomic E-state index is 11.9. The lowest BCUT2D eigenvalue weighted by atomic mass is 10.2. The second-order valence-corrected chi connectivity index (χ2v) is 7.45. The third-order valence-electron chi connectivity index (χ3n) is 3.54. The van der Waals surface area contributed by atoms with Crippen molar-refractivity contribution in [2.75, 3.05) is 12.9 Å². The van der Waals surface area contributed by atoms with Crippen LogP contribution < -0.4 is 14.9 Å². The standard InChI is InChI=1S/C19H16Cl2N4O4S/c1-27-14-5-2-12(3-6-14)9-22-23-17(26)11-30-19-25-24-18(29-19)10-28-16-7-4-13(20)8-15(16)21/h2-9H,10-11H2,1H3,(H,23,26)/b22-9-. The van der Waals surface area contributed by atoms with Crippen molar-refractivity contribution in [2.24, 2.45) is 5.10 Å². The SMILES string of the molecule is COc1ccc(/C=N\NC(=O)CSc2nnc(COc3ccc(Cl)cc3Cl)o2)cc1. The van der Waals surface area contributed by atoms with E-state index in [9.17, 15) is 4.79 Å². The largest absolute Gasteiger partial charge is 0.497 e. The van der Waals surface area contributed by atoms with Crippen molar-refractivity contribution >= 4 is 47.1 Å². The van der Waals surface area contributed by atoms with Gasteiger partial charge in [-0.3, -0.25) is 4.79 Å². The molecule has 156 valence electrons. The minimum atomic E-state index is -0.311. The number of thioether (sulfide) groups is 1. The van der Waals surface area contributed by atoms with Gasteiger partial charge in [-0.05, 0) is 48.0 Å². The molecule has 0 saturated heterocycles. The Balaban J connectivity index is 1.41. The van der Waals surface area contributed by atoms with E-state index in [1.807, 2.05) is 12.1 Å². The van der Waals surface area contributed by atoms with Gasteiger partial charge in [0.15, 0.2) is 6.61 Å². The minimum Gasteiger partial charge on any atom is -0.497 e. The van der Waals surface area contributed by atoms with E-state index in [0.717, 1.165) is 23.1 Å². The Bertz CT molecular complexity index is 1030. The van der Waals surface area contributed by atoms with Gasteiger partial charge < -0.3 is 13.9 Å². The van der Waals surface area contributed by atoms with Crippen LogP contribution in [0.15, 0.2) is 57.2 Å². The number of benzene rings is 2. The second kappa shape index (κ2) is 10.9. The molecule has 1 N–H and O–H groups in total. The molecule has 30 heavy (non-hydrogen) atoms. The number of rotatable bonds is 9. The zero-order valence-corrected chi connectivity index (χ0v) is 18.0. The molecule has 0 radical (unpaired) electrons. The lowest BCUT2D eigenvalue weighted by Gasteiger charge is -2.05. The van der Waals surface area contributed by atoms with Crippen LogP contribution in [0.1, 0.15) is 11.5 Å². The number of amides is 1. The van der Waals surface area contributed by atoms with Crippen molar-refractivity contribution in [1.29, 1.82) is 0 Å². The molecule has 1 aromatic heterocycles. The van der Waals surface area contributed by atoms with E-state index < -0.39 is 0 Å². The van der Waals surface area contributed by atoms with Crippen molar-refractivity contribution in [3.05, 3.63) is 64.0 Å². The summed E-state index contributed by atoms with van der Waals surface area (Å²) in [7, 11) is 1.59. The quantitative estimate of drug-likeness (QED) is 0.286. The molecule has 8 nitrogen and oxygen atoms in total. The molecule has 2 aromatic carbocycles. The van der Waals surface area contributed by atoms with Crippen LogP contribution in [0.5, 0.6) is 11.5 Å². The van der Waals surface area contributed by atoms with Crippen molar-refractivity contribution in [3.63, 3.8) is 0 Å². The molecule has 0 saturated carbocycles. The summed E-state index contributed by atoms with van der Waals surface area (Å²) in [5, 5.41) is 12.8. The van der Waals surface area contributed by atoms with Crippen molar-refractivity contribution in [3.8, 4) is 11.5 Å². The van der Waals surface area contributed by atoms with Gasteiger partial charge in [0.25, 0.3) is 17.0 Å². The third kappa shape index (κ3) is 6.65. The summed E-state index contributed by atoms with van der Waals surface area (Å²) in [4.78, 5) is 11.9. The number of carbonyl (C=O) groups excluding carboxylic acids is 1. The van der Waals surface area contributed by atoms with Crippen LogP contribution in [0.2, 0.25) is 10.0 Å². The summed E-state index contributed by atoms with van der Waals surface area (Å²) in [5.41, 5.74) is 3.26. The van der Waals surface area contributed by atoms with E-state index in [2.05, 4.69) is 20.7 Å². The first-order chi connectivity index (χ1) is 14.5. The molecular weight excluding hydrogens is 451 g/mol. The van der Waals surface area contributed by atoms with Gasteiger partial charge in [-0.25, -0.2) is 5.43 Å². The number of carbonyl (C=O) groups is 1. The fourth-order valence-electron chi connectivity index (χ4n) is 2.11. The molecule has 1 amide bonds. The molecule has 0 aliphatic heterocycles. The number of halogens is 2. The Hall–Kier alpha value is -2.75. The maximum atomic E-state index is 11.9. The van der Waals surface area contributed by atoms with E-state index in [1.165, 1.54) is 6.21 Å². The number of hydrazone groups is 1. The normalized spacial score (nSPS) is 10.9. The molecule has 0 atom stereocenters. The van der Waals surface area contributed by atoms with E-state index in [-0.39, 0.29) is 29.4 Å². The van der Waals surface area contributed by atoms with Gasteiger partial charge in [0.05, 0.1) is 24.1 Å². The molecule has 11 heteroatoms. The van der Waals surface area contributed by atoms with Gasteiger partial charge in [-0.1, -0.05) is 35.0 Å². The van der Waals surface area contributed by atoms with E-state index in [4.69, 9.17) is 37.1 Å². The zero-order chi connectivity index (χ0) is 21.3. The van der Waals surface area contributed by atoms with Gasteiger partial charge in [0, 0.05) is 5.02 Å². The third-order valence-corrected chi connectivity index (χ3v) is 4.89. The zero-order valence-electron chi connectivity index (χ0n) is 15.7. The van der Waals surface area contributed by atoms with Crippen LogP contribution in [0.25, 0.3) is 0 Å². The highest BCUT2D eigenvalue weighted by molar-refractivity contribution is 7.99. The molecule has 1 heterocycles. The Labute approximate surface area is 186 Å². The van der Waals surface area contributed by atoms with Crippen LogP contribution in [-0.2, 0) is 11.4 Å². The average Bonchev–Trinajstić information content (AvgIpc) is 3.20. The topological polar surface area (TPSA) is 98.8 Å². The summed E-state index contributed by atoms with van der Waals surface area (Å²) in [6.45, 7) is 0.0350. The monoisotopic (exact) mass is 466 g/mol. The predicted octanol–water partition coefficient (Wildman–Crippen LogP) is 4.21. The number of methoxy groups -OCH3 is 1. The van der Waals surface area contributed by atoms with Gasteiger partial charge in [-0.2, -0.15) is 5.10 Å². The van der Waals surface area contributed by atoms with Gasteiger partial charge in [-0.15, -0.1) is 10.2 Å². The molecule has 0 unspecified atom stereocenters. The lowest BCUT2D eigenvalue weighted by Crippen LogP contribution is -2.19. The summed E-state index contributed by atoms with van der Waals surface area (Å²) in [5.74, 6) is 1.19. The summed E-state index contributed by atoms with van der Waals surface area (Å²) in [6, 6.07) is 12.1. The van der Waals surface area contributed by atoms with Crippen LogP contribution in [0.4, 0.5) is 0 Å². The highest BCUT2D eigenvalue weighted by Gasteiger charge is 2.11. The van der Waals surface area contributed by atoms with Crippen LogP contribution >= 0.6 is 35.0 Å². The molecule has 0 spiro atoms. The van der Waals surface area contributed by atoms with Gasteiger partial charge in [0.1, 0.15) is 11.5 Å². The number of ether oxygens (including phenoxy) is 2. The smallest absolute Gasteiger partial charge is 0.277 e. The van der Waals surface area contributed by atoms with Crippen LogP contribution in [-0.4, -0.2) is 35.2 Å². The fraction of sp³-hybridized carbons (Fsp3) is 0.158. The highest BCUT2D eigenvalue weighted by Crippen LogP contribution is 2.28. The molecule has 3 aromatic rings. The van der Waals surface area contributed by atoms with Crippen molar-refractivity contribution < 1.29 is 18.7 Å². The van der Waals surface area contributed by atoms with E-state index >= 15 is 0 Å². The molecule has 0 aliphatic rings. The lowest BCUT2D eigenvalue weighted by molar-refractivity contribution is -0.118. The number of hydrogen-bond acceptors (Lipinski definition) is 8. The van der Waals surface area contributed by atoms with Gasteiger partial charge >= 0.3 is 0 Å². The molecule has 0 bridgehead atoms. The maximum Gasteiger partial charge on any atom is 0.277 e. The number of nitrogens with zero attached hydrogens (tertiary/aromatic N) is 3. The minimum absolute atomic E-state index is 0.0350. The summed E-state index contributed by atoms with van der Waals surface area (Å²) in [6.07, 6.45) is 1.53. The number of nitrogens with one attached hydrogen (secondary N) is 1. The number of hydrogen-bond donors (Lipinski definition) is 1. The second-order valence-electron chi connectivity index (χ2n) is 5.68. The average molecular weight is 467 g/mol. The first kappa shape index (κ1) is 21.9. The summed E-state index contributed by atoms with van der Waals surface area (Å²) >= 11 is 13.0. The molecule has 0 aliphatic carbocycles. The predicted molar refractivity (Wildman–Crippen MR) is 115 cm³/mol. The summed E-state index contributed by atoms with van der Waals surface area (Å²) < 4.78 is 16.0. The van der Waals surface area contributed by atoms with Crippen molar-refractivity contribution in [1.82, 2.24) is 15.6 Å². The Morgan fingerprint density at radius 1 is 1.23 bits per heavy atom. The van der Waals surface area contributed by atoms with E-state index in [1.54, 1.807) is 37.4 Å². The van der Waals surface area contributed by atoms with Gasteiger partial charge in [0.2, 0.25) is 0 Å². The first-order valence-electron chi connectivity index (χ1n) is 8.52. The molecule has 3 rings (SSSR count). The molecular formula is C19H16Cl2N4O4S. The van der Waals surface area contributed by atoms with E-state index in [0.29, 0.717) is 15.8 Å². The fourth-order valence-corrected chi connectivity index (χ4v) is 3.15. The molecule has 0 fully saturated rings.